The fourth-order valence-electron chi connectivity index (χ4n) is 4.03. The summed E-state index contributed by atoms with van der Waals surface area (Å²) in [5, 5.41) is 4.32. The van der Waals surface area contributed by atoms with E-state index in [1.165, 1.54) is 16.6 Å². The summed E-state index contributed by atoms with van der Waals surface area (Å²) in [7, 11) is 0. The van der Waals surface area contributed by atoms with Crippen molar-refractivity contribution < 1.29 is 9.53 Å². The third-order valence-corrected chi connectivity index (χ3v) is 5.54. The zero-order chi connectivity index (χ0) is 17.1. The summed E-state index contributed by atoms with van der Waals surface area (Å²) < 4.78 is 5.60. The Morgan fingerprint density at radius 3 is 2.84 bits per heavy atom. The van der Waals surface area contributed by atoms with Crippen LogP contribution in [0.15, 0.2) is 30.3 Å². The molecule has 1 atom stereocenters. The number of H-pyrrole nitrogens is 1. The third-order valence-electron chi connectivity index (χ3n) is 5.54. The summed E-state index contributed by atoms with van der Waals surface area (Å²) in [6.45, 7) is 3.24. The Bertz CT molecular complexity index is 680. The topological polar surface area (TPSA) is 57.4 Å². The van der Waals surface area contributed by atoms with E-state index in [0.29, 0.717) is 18.6 Å². The number of hydrogen-bond donors (Lipinski definition) is 2. The van der Waals surface area contributed by atoms with E-state index in [2.05, 4.69) is 40.6 Å². The quantitative estimate of drug-likeness (QED) is 0.892. The number of ether oxygens (including phenoxy) is 1. The first-order valence-electron chi connectivity index (χ1n) is 9.51. The number of urea groups is 1. The van der Waals surface area contributed by atoms with Crippen molar-refractivity contribution >= 4 is 16.9 Å². The SMILES string of the molecule is O=C(NCC[C@@H]1CCCO1)N1CCC(c2cc3ccccc3[nH]2)CC1. The van der Waals surface area contributed by atoms with Crippen molar-refractivity contribution in [3.05, 3.63) is 36.0 Å². The molecular weight excluding hydrogens is 314 g/mol. The smallest absolute Gasteiger partial charge is 0.317 e. The number of aromatic amines is 1. The number of carbonyl (C=O) groups excluding carboxylic acids is 1. The van der Waals surface area contributed by atoms with E-state index >= 15 is 0 Å². The van der Waals surface area contributed by atoms with Crippen molar-refractivity contribution in [2.75, 3.05) is 26.2 Å². The molecule has 5 nitrogen and oxygen atoms in total. The average Bonchev–Trinajstić information content (AvgIpc) is 3.31. The number of fused-ring (bicyclic) bond motifs is 1. The van der Waals surface area contributed by atoms with Crippen molar-refractivity contribution in [3.63, 3.8) is 0 Å². The van der Waals surface area contributed by atoms with E-state index in [0.717, 1.165) is 51.8 Å². The van der Waals surface area contributed by atoms with Crippen LogP contribution in [0.5, 0.6) is 0 Å². The van der Waals surface area contributed by atoms with Gasteiger partial charge >= 0.3 is 6.03 Å². The molecule has 2 aliphatic heterocycles. The maximum Gasteiger partial charge on any atom is 0.317 e. The van der Waals surface area contributed by atoms with Crippen LogP contribution in [0.1, 0.15) is 43.7 Å². The van der Waals surface area contributed by atoms with Gasteiger partial charge in [0.15, 0.2) is 0 Å². The van der Waals surface area contributed by atoms with Gasteiger partial charge in [-0.3, -0.25) is 0 Å². The lowest BCUT2D eigenvalue weighted by molar-refractivity contribution is 0.104. The van der Waals surface area contributed by atoms with Gasteiger partial charge in [0.2, 0.25) is 0 Å². The Kier molecular flexibility index (Phi) is 4.92. The molecule has 2 aliphatic rings. The first-order valence-corrected chi connectivity index (χ1v) is 9.51. The number of nitrogens with zero attached hydrogens (tertiary/aromatic N) is 1. The molecule has 1 aromatic heterocycles. The van der Waals surface area contributed by atoms with Gasteiger partial charge in [0.25, 0.3) is 0 Å². The van der Waals surface area contributed by atoms with Crippen LogP contribution in [0, 0.1) is 0 Å². The number of benzene rings is 1. The van der Waals surface area contributed by atoms with E-state index in [9.17, 15) is 4.79 Å². The van der Waals surface area contributed by atoms with Crippen LogP contribution in [0.3, 0.4) is 0 Å². The molecule has 3 heterocycles. The first kappa shape index (κ1) is 16.5. The fourth-order valence-corrected chi connectivity index (χ4v) is 4.03. The molecule has 2 saturated heterocycles. The Morgan fingerprint density at radius 1 is 1.24 bits per heavy atom. The summed E-state index contributed by atoms with van der Waals surface area (Å²) in [6.07, 6.45) is 5.59. The standard InChI is InChI=1S/C20H27N3O2/c24-20(21-10-7-17-5-3-13-25-17)23-11-8-15(9-12-23)19-14-16-4-1-2-6-18(16)22-19/h1-2,4,6,14-15,17,22H,3,5,7-13H2,(H,21,24)/t17-/m0/s1. The molecule has 0 unspecified atom stereocenters. The van der Waals surface area contributed by atoms with Crippen LogP contribution in [0.25, 0.3) is 10.9 Å². The van der Waals surface area contributed by atoms with Gasteiger partial charge < -0.3 is 19.9 Å². The lowest BCUT2D eigenvalue weighted by atomic mass is 9.94. The molecule has 5 heteroatoms. The minimum atomic E-state index is 0.0769. The lowest BCUT2D eigenvalue weighted by Gasteiger charge is -2.31. The molecule has 0 radical (unpaired) electrons. The molecule has 0 aliphatic carbocycles. The largest absolute Gasteiger partial charge is 0.378 e. The minimum Gasteiger partial charge on any atom is -0.378 e. The van der Waals surface area contributed by atoms with Crippen LogP contribution in [0.4, 0.5) is 4.79 Å². The minimum absolute atomic E-state index is 0.0769. The van der Waals surface area contributed by atoms with Crippen molar-refractivity contribution in [2.24, 2.45) is 0 Å². The zero-order valence-electron chi connectivity index (χ0n) is 14.7. The number of hydrogen-bond acceptors (Lipinski definition) is 2. The molecule has 0 saturated carbocycles. The van der Waals surface area contributed by atoms with Crippen LogP contribution in [-0.4, -0.2) is 48.3 Å². The number of amides is 2. The monoisotopic (exact) mass is 341 g/mol. The van der Waals surface area contributed by atoms with Crippen LogP contribution < -0.4 is 5.32 Å². The number of piperidine rings is 1. The third kappa shape index (κ3) is 3.82. The number of nitrogens with one attached hydrogen (secondary N) is 2. The predicted octanol–water partition coefficient (Wildman–Crippen LogP) is 3.63. The van der Waals surface area contributed by atoms with Gasteiger partial charge in [0, 0.05) is 43.4 Å². The van der Waals surface area contributed by atoms with Crippen LogP contribution in [-0.2, 0) is 4.74 Å². The fraction of sp³-hybridized carbons (Fsp3) is 0.550. The van der Waals surface area contributed by atoms with Crippen molar-refractivity contribution in [1.29, 1.82) is 0 Å². The second-order valence-electron chi connectivity index (χ2n) is 7.23. The van der Waals surface area contributed by atoms with Gasteiger partial charge in [-0.1, -0.05) is 18.2 Å². The van der Waals surface area contributed by atoms with Gasteiger partial charge in [-0.15, -0.1) is 0 Å². The van der Waals surface area contributed by atoms with Gasteiger partial charge in [0.05, 0.1) is 6.10 Å². The Labute approximate surface area is 148 Å². The molecule has 134 valence electrons. The van der Waals surface area contributed by atoms with Gasteiger partial charge in [-0.2, -0.15) is 0 Å². The van der Waals surface area contributed by atoms with Gasteiger partial charge in [-0.05, 0) is 49.6 Å². The molecule has 2 N–H and O–H groups in total. The molecule has 25 heavy (non-hydrogen) atoms. The second-order valence-corrected chi connectivity index (χ2v) is 7.23. The van der Waals surface area contributed by atoms with Crippen LogP contribution >= 0.6 is 0 Å². The van der Waals surface area contributed by atoms with Gasteiger partial charge in [0.1, 0.15) is 0 Å². The molecule has 0 bridgehead atoms. The molecule has 2 amide bonds. The highest BCUT2D eigenvalue weighted by molar-refractivity contribution is 5.80. The summed E-state index contributed by atoms with van der Waals surface area (Å²) in [5.74, 6) is 0.517. The molecule has 1 aromatic carbocycles. The Morgan fingerprint density at radius 2 is 2.08 bits per heavy atom. The highest BCUT2D eigenvalue weighted by Gasteiger charge is 2.25. The van der Waals surface area contributed by atoms with E-state index in [4.69, 9.17) is 4.74 Å². The predicted molar refractivity (Wildman–Crippen MR) is 98.8 cm³/mol. The van der Waals surface area contributed by atoms with E-state index in [1.807, 2.05) is 4.90 Å². The lowest BCUT2D eigenvalue weighted by Crippen LogP contribution is -2.44. The number of para-hydroxylation sites is 1. The highest BCUT2D eigenvalue weighted by Crippen LogP contribution is 2.29. The number of rotatable bonds is 4. The molecular formula is C20H27N3O2. The van der Waals surface area contributed by atoms with E-state index in [1.54, 1.807) is 0 Å². The summed E-state index contributed by atoms with van der Waals surface area (Å²) in [6, 6.07) is 10.7. The number of carbonyl (C=O) groups is 1. The maximum atomic E-state index is 12.3. The average molecular weight is 341 g/mol. The first-order chi connectivity index (χ1) is 12.3. The highest BCUT2D eigenvalue weighted by atomic mass is 16.5. The molecule has 2 fully saturated rings. The summed E-state index contributed by atoms with van der Waals surface area (Å²) in [4.78, 5) is 17.8. The normalized spacial score (nSPS) is 21.8. The molecule has 0 spiro atoms. The van der Waals surface area contributed by atoms with Crippen molar-refractivity contribution in [1.82, 2.24) is 15.2 Å². The zero-order valence-corrected chi connectivity index (χ0v) is 14.7. The number of likely N-dealkylation sites (tertiary alicyclic amines) is 1. The van der Waals surface area contributed by atoms with E-state index < -0.39 is 0 Å². The van der Waals surface area contributed by atoms with Crippen LogP contribution in [0.2, 0.25) is 0 Å². The van der Waals surface area contributed by atoms with E-state index in [-0.39, 0.29) is 6.03 Å². The summed E-state index contributed by atoms with van der Waals surface area (Å²) in [5.41, 5.74) is 2.51. The Hall–Kier alpha value is -2.01. The van der Waals surface area contributed by atoms with Crippen molar-refractivity contribution in [2.45, 2.75) is 44.1 Å². The van der Waals surface area contributed by atoms with Crippen molar-refractivity contribution in [3.8, 4) is 0 Å². The molecule has 2 aromatic rings. The second kappa shape index (κ2) is 7.48. The number of aromatic nitrogens is 1. The molecule has 4 rings (SSSR count). The Balaban J connectivity index is 1.25. The van der Waals surface area contributed by atoms with Gasteiger partial charge in [-0.25, -0.2) is 4.79 Å². The maximum absolute atomic E-state index is 12.3. The summed E-state index contributed by atoms with van der Waals surface area (Å²) >= 11 is 0.